The number of nitrogens with zero attached hydrogens (tertiary/aromatic N) is 2. The summed E-state index contributed by atoms with van der Waals surface area (Å²) in [7, 11) is 0.844. The van der Waals surface area contributed by atoms with Gasteiger partial charge in [0.25, 0.3) is 0 Å². The Morgan fingerprint density at radius 3 is 0.929 bits per heavy atom. The van der Waals surface area contributed by atoms with Crippen molar-refractivity contribution in [3.05, 3.63) is 144 Å². The van der Waals surface area contributed by atoms with Crippen LogP contribution in [0, 0.1) is 0 Å². The molecule has 0 fully saturated rings. The zero-order valence-corrected chi connectivity index (χ0v) is 27.2. The van der Waals surface area contributed by atoms with E-state index in [1.165, 1.54) is 43.8 Å². The first-order chi connectivity index (χ1) is 20.7. The van der Waals surface area contributed by atoms with Crippen molar-refractivity contribution in [2.45, 2.75) is 51.9 Å². The average molecular weight is 637 g/mol. The normalized spacial score (nSPS) is 12.9. The second kappa shape index (κ2) is 19.2. The lowest BCUT2D eigenvalue weighted by Crippen LogP contribution is -2.23. The molecule has 0 N–H and O–H groups in total. The lowest BCUT2D eigenvalue weighted by atomic mass is 10.2. The lowest BCUT2D eigenvalue weighted by Gasteiger charge is -2.21. The van der Waals surface area contributed by atoms with E-state index in [9.17, 15) is 8.42 Å². The van der Waals surface area contributed by atoms with Crippen LogP contribution in [0.2, 0.25) is 0 Å². The second-order valence-electron chi connectivity index (χ2n) is 10.0. The molecule has 0 aliphatic carbocycles. The first-order valence-corrected chi connectivity index (χ1v) is 19.6. The summed E-state index contributed by atoms with van der Waals surface area (Å²) >= 11 is 0. The number of unbranched alkanes of at least 4 members (excludes halogenated alkanes) is 3. The van der Waals surface area contributed by atoms with E-state index in [-0.39, 0.29) is 0 Å². The highest BCUT2D eigenvalue weighted by molar-refractivity contribution is 8.68. The van der Waals surface area contributed by atoms with Crippen molar-refractivity contribution in [3.8, 4) is 0 Å². The van der Waals surface area contributed by atoms with Crippen LogP contribution in [0.3, 0.4) is 0 Å². The van der Waals surface area contributed by atoms with Gasteiger partial charge in [0.1, 0.15) is 0 Å². The molecule has 222 valence electrons. The molecule has 0 saturated heterocycles. The van der Waals surface area contributed by atoms with E-state index in [1.807, 2.05) is 72.8 Å². The molecule has 2 atom stereocenters. The molecule has 0 aliphatic rings. The van der Waals surface area contributed by atoms with Crippen molar-refractivity contribution in [3.63, 3.8) is 0 Å². The van der Waals surface area contributed by atoms with Crippen molar-refractivity contribution < 1.29 is 8.42 Å². The monoisotopic (exact) mass is 636 g/mol. The van der Waals surface area contributed by atoms with Crippen molar-refractivity contribution in [1.29, 1.82) is 0 Å². The summed E-state index contributed by atoms with van der Waals surface area (Å²) in [5, 5.41) is 0. The van der Waals surface area contributed by atoms with Gasteiger partial charge in [0.05, 0.1) is 0 Å². The molecule has 4 rings (SSSR count). The molecule has 2 unspecified atom stereocenters. The van der Waals surface area contributed by atoms with Gasteiger partial charge in [-0.05, 0) is 56.7 Å². The summed E-state index contributed by atoms with van der Waals surface area (Å²) in [5.74, 6) is 1.74. The summed E-state index contributed by atoms with van der Waals surface area (Å²) in [4.78, 5) is 0. The van der Waals surface area contributed by atoms with Crippen LogP contribution >= 0.6 is 21.6 Å². The molecule has 0 spiro atoms. The Hall–Kier alpha value is -2.20. The summed E-state index contributed by atoms with van der Waals surface area (Å²) < 4.78 is 30.6. The van der Waals surface area contributed by atoms with Crippen LogP contribution in [0.4, 0.5) is 0 Å². The van der Waals surface area contributed by atoms with Crippen LogP contribution < -0.4 is 0 Å². The molecule has 0 heterocycles. The van der Waals surface area contributed by atoms with Gasteiger partial charge in [-0.3, -0.25) is 0 Å². The zero-order chi connectivity index (χ0) is 29.2. The summed E-state index contributed by atoms with van der Waals surface area (Å²) in [6, 6.07) is 41.0. The van der Waals surface area contributed by atoms with Crippen molar-refractivity contribution >= 4 is 41.6 Å². The van der Waals surface area contributed by atoms with E-state index in [1.54, 1.807) is 0 Å². The largest absolute Gasteiger partial charge is 0.231 e. The Morgan fingerprint density at radius 2 is 0.667 bits per heavy atom. The molecule has 42 heavy (non-hydrogen) atoms. The number of hydrogen-bond acceptors (Lipinski definition) is 4. The standard InChI is InChI=1S/C34H40N2O2S4/c37-41(35(27-31-17-7-3-8-18-31)28-32-19-9-4-10-20-32)39-25-15-1-2-16-26-40-42(38)36(29-33-21-11-5-12-22-33)30-34-23-13-6-14-24-34/h3-14,17-24H,1-2,15-16,25-30H2. The Kier molecular flexibility index (Phi) is 14.9. The molecule has 0 aromatic heterocycles. The van der Waals surface area contributed by atoms with Crippen LogP contribution in [0.1, 0.15) is 47.9 Å². The summed E-state index contributed by atoms with van der Waals surface area (Å²) in [6.07, 6.45) is 4.24. The molecule has 0 aliphatic heterocycles. The van der Waals surface area contributed by atoms with Gasteiger partial charge >= 0.3 is 0 Å². The molecule has 0 amide bonds. The smallest absolute Gasteiger partial charge is 0.157 e. The Bertz CT molecular complexity index is 1140. The van der Waals surface area contributed by atoms with Crippen LogP contribution in [0.25, 0.3) is 0 Å². The third-order valence-electron chi connectivity index (χ3n) is 6.64. The molecular weight excluding hydrogens is 597 g/mol. The zero-order valence-electron chi connectivity index (χ0n) is 24.0. The van der Waals surface area contributed by atoms with Crippen molar-refractivity contribution in [1.82, 2.24) is 8.61 Å². The summed E-state index contributed by atoms with van der Waals surface area (Å²) in [6.45, 7) is 2.65. The SMILES string of the molecule is O=S(SCCCCCCSS(=O)N(Cc1ccccc1)Cc1ccccc1)N(Cc1ccccc1)Cc1ccccc1. The predicted octanol–water partition coefficient (Wildman–Crippen LogP) is 8.58. The number of rotatable bonds is 19. The van der Waals surface area contributed by atoms with Crippen LogP contribution in [0.5, 0.6) is 0 Å². The fraction of sp³-hybridized carbons (Fsp3) is 0.294. The van der Waals surface area contributed by atoms with E-state index < -0.39 is 20.0 Å². The first-order valence-electron chi connectivity index (χ1n) is 14.4. The molecular formula is C34H40N2O2S4. The minimum Gasteiger partial charge on any atom is -0.231 e. The third kappa shape index (κ3) is 12.2. The van der Waals surface area contributed by atoms with Gasteiger partial charge in [-0.25, -0.2) is 17.0 Å². The fourth-order valence-corrected chi connectivity index (χ4v) is 9.77. The van der Waals surface area contributed by atoms with E-state index in [2.05, 4.69) is 57.1 Å². The quantitative estimate of drug-likeness (QED) is 0.0764. The second-order valence-corrected chi connectivity index (χ2v) is 16.3. The van der Waals surface area contributed by atoms with Crippen molar-refractivity contribution in [2.75, 3.05) is 11.5 Å². The van der Waals surface area contributed by atoms with E-state index >= 15 is 0 Å². The minimum absolute atomic E-state index is 0.662. The average Bonchev–Trinajstić information content (AvgIpc) is 3.03. The third-order valence-corrected chi connectivity index (χ3v) is 12.8. The molecule has 4 nitrogen and oxygen atoms in total. The van der Waals surface area contributed by atoms with Gasteiger partial charge in [-0.15, -0.1) is 0 Å². The fourth-order valence-electron chi connectivity index (χ4n) is 4.44. The van der Waals surface area contributed by atoms with Crippen LogP contribution in [0.15, 0.2) is 121 Å². The highest BCUT2D eigenvalue weighted by Crippen LogP contribution is 2.23. The van der Waals surface area contributed by atoms with Crippen LogP contribution in [-0.2, 0) is 46.2 Å². The van der Waals surface area contributed by atoms with E-state index in [4.69, 9.17) is 0 Å². The number of hydrogen-bond donors (Lipinski definition) is 0. The van der Waals surface area contributed by atoms with Gasteiger partial charge < -0.3 is 0 Å². The first kappa shape index (κ1) is 32.7. The predicted molar refractivity (Wildman–Crippen MR) is 184 cm³/mol. The van der Waals surface area contributed by atoms with Gasteiger partial charge in [-0.1, -0.05) is 134 Å². The highest BCUT2D eigenvalue weighted by atomic mass is 33.1. The topological polar surface area (TPSA) is 40.6 Å². The Balaban J connectivity index is 1.16. The molecule has 4 aromatic rings. The minimum atomic E-state index is -1.11. The summed E-state index contributed by atoms with van der Waals surface area (Å²) in [5.41, 5.74) is 4.68. The van der Waals surface area contributed by atoms with Gasteiger partial charge in [-0.2, -0.15) is 0 Å². The molecule has 0 radical (unpaired) electrons. The molecule has 8 heteroatoms. The van der Waals surface area contributed by atoms with E-state index in [0.29, 0.717) is 26.2 Å². The lowest BCUT2D eigenvalue weighted by molar-refractivity contribution is 0.443. The Labute approximate surface area is 264 Å². The maximum atomic E-state index is 13.2. The van der Waals surface area contributed by atoms with Gasteiger partial charge in [0, 0.05) is 37.7 Å². The van der Waals surface area contributed by atoms with E-state index in [0.717, 1.165) is 37.2 Å². The van der Waals surface area contributed by atoms with Crippen LogP contribution in [-0.4, -0.2) is 28.5 Å². The highest BCUT2D eigenvalue weighted by Gasteiger charge is 2.16. The van der Waals surface area contributed by atoms with Gasteiger partial charge in [0.2, 0.25) is 0 Å². The maximum absolute atomic E-state index is 13.2. The molecule has 0 saturated carbocycles. The molecule has 4 aromatic carbocycles. The van der Waals surface area contributed by atoms with Crippen molar-refractivity contribution in [2.24, 2.45) is 0 Å². The molecule has 0 bridgehead atoms. The Morgan fingerprint density at radius 1 is 0.405 bits per heavy atom. The van der Waals surface area contributed by atoms with Gasteiger partial charge in [0.15, 0.2) is 20.0 Å². The maximum Gasteiger partial charge on any atom is 0.157 e. The number of benzene rings is 4.